The SMILES string of the molecule is CCNC(CCCC(C)C)c1cccc(S(C)(=O)=O)c1. The maximum absolute atomic E-state index is 11.6. The van der Waals surface area contributed by atoms with Crippen LogP contribution in [0.15, 0.2) is 29.2 Å². The van der Waals surface area contributed by atoms with Gasteiger partial charge in [0.15, 0.2) is 9.84 Å². The van der Waals surface area contributed by atoms with Crippen molar-refractivity contribution in [3.63, 3.8) is 0 Å². The van der Waals surface area contributed by atoms with Crippen LogP contribution in [0.3, 0.4) is 0 Å². The summed E-state index contributed by atoms with van der Waals surface area (Å²) >= 11 is 0. The third-order valence-electron chi connectivity index (χ3n) is 3.41. The molecule has 1 aromatic carbocycles. The molecular formula is C16H27NO2S. The fourth-order valence-electron chi connectivity index (χ4n) is 2.33. The molecule has 20 heavy (non-hydrogen) atoms. The third-order valence-corrected chi connectivity index (χ3v) is 4.52. The summed E-state index contributed by atoms with van der Waals surface area (Å²) < 4.78 is 23.3. The second kappa shape index (κ2) is 7.79. The van der Waals surface area contributed by atoms with Crippen molar-refractivity contribution < 1.29 is 8.42 Å². The van der Waals surface area contributed by atoms with Gasteiger partial charge in [0, 0.05) is 12.3 Å². The Morgan fingerprint density at radius 3 is 2.45 bits per heavy atom. The van der Waals surface area contributed by atoms with E-state index in [9.17, 15) is 8.42 Å². The van der Waals surface area contributed by atoms with Crippen molar-refractivity contribution in [1.82, 2.24) is 5.32 Å². The molecule has 114 valence electrons. The van der Waals surface area contributed by atoms with Crippen LogP contribution in [0.2, 0.25) is 0 Å². The van der Waals surface area contributed by atoms with Gasteiger partial charge in [0.05, 0.1) is 4.90 Å². The summed E-state index contributed by atoms with van der Waals surface area (Å²) in [6.45, 7) is 7.42. The first-order chi connectivity index (χ1) is 9.34. The van der Waals surface area contributed by atoms with E-state index in [1.165, 1.54) is 12.7 Å². The van der Waals surface area contributed by atoms with Crippen molar-refractivity contribution in [2.24, 2.45) is 5.92 Å². The zero-order valence-corrected chi connectivity index (χ0v) is 13.8. The molecule has 0 radical (unpaired) electrons. The highest BCUT2D eigenvalue weighted by molar-refractivity contribution is 7.90. The molecule has 1 atom stereocenters. The number of hydrogen-bond acceptors (Lipinski definition) is 3. The molecule has 1 N–H and O–H groups in total. The summed E-state index contributed by atoms with van der Waals surface area (Å²) in [5.41, 5.74) is 1.07. The van der Waals surface area contributed by atoms with Gasteiger partial charge in [-0.3, -0.25) is 0 Å². The van der Waals surface area contributed by atoms with Gasteiger partial charge < -0.3 is 5.32 Å². The molecule has 4 heteroatoms. The lowest BCUT2D eigenvalue weighted by Crippen LogP contribution is -2.21. The third kappa shape index (κ3) is 5.63. The van der Waals surface area contributed by atoms with Gasteiger partial charge in [0.2, 0.25) is 0 Å². The Labute approximate surface area is 123 Å². The second-order valence-electron chi connectivity index (χ2n) is 5.78. The lowest BCUT2D eigenvalue weighted by Gasteiger charge is -2.19. The van der Waals surface area contributed by atoms with Crippen LogP contribution >= 0.6 is 0 Å². The zero-order chi connectivity index (χ0) is 15.2. The van der Waals surface area contributed by atoms with Gasteiger partial charge in [-0.05, 0) is 36.6 Å². The summed E-state index contributed by atoms with van der Waals surface area (Å²) in [6, 6.07) is 7.55. The molecule has 0 fully saturated rings. The normalized spacial score (nSPS) is 13.7. The Morgan fingerprint density at radius 2 is 1.90 bits per heavy atom. The summed E-state index contributed by atoms with van der Waals surface area (Å²) in [7, 11) is -3.14. The van der Waals surface area contributed by atoms with Crippen LogP contribution < -0.4 is 5.32 Å². The van der Waals surface area contributed by atoms with Crippen molar-refractivity contribution in [1.29, 1.82) is 0 Å². The van der Waals surface area contributed by atoms with E-state index in [4.69, 9.17) is 0 Å². The Balaban J connectivity index is 2.86. The minimum Gasteiger partial charge on any atom is -0.310 e. The van der Waals surface area contributed by atoms with Gasteiger partial charge in [-0.1, -0.05) is 45.7 Å². The van der Waals surface area contributed by atoms with Crippen LogP contribution in [0.1, 0.15) is 51.6 Å². The maximum atomic E-state index is 11.6. The topological polar surface area (TPSA) is 46.2 Å². The van der Waals surface area contributed by atoms with Gasteiger partial charge in [-0.2, -0.15) is 0 Å². The number of nitrogens with one attached hydrogen (secondary N) is 1. The average Bonchev–Trinajstić information content (AvgIpc) is 2.36. The van der Waals surface area contributed by atoms with E-state index in [0.29, 0.717) is 10.8 Å². The molecule has 3 nitrogen and oxygen atoms in total. The first kappa shape index (κ1) is 17.2. The Kier molecular flexibility index (Phi) is 6.69. The van der Waals surface area contributed by atoms with E-state index in [1.54, 1.807) is 12.1 Å². The molecule has 0 aromatic heterocycles. The van der Waals surface area contributed by atoms with Crippen LogP contribution in [-0.4, -0.2) is 21.2 Å². The number of sulfone groups is 1. The molecule has 0 saturated heterocycles. The summed E-state index contributed by atoms with van der Waals surface area (Å²) in [6.07, 6.45) is 4.65. The zero-order valence-electron chi connectivity index (χ0n) is 13.0. The Bertz CT molecular complexity index is 509. The highest BCUT2D eigenvalue weighted by Gasteiger charge is 2.14. The smallest absolute Gasteiger partial charge is 0.175 e. The van der Waals surface area contributed by atoms with Crippen molar-refractivity contribution in [3.05, 3.63) is 29.8 Å². The molecular weight excluding hydrogens is 270 g/mol. The number of hydrogen-bond donors (Lipinski definition) is 1. The van der Waals surface area contributed by atoms with E-state index in [1.807, 2.05) is 12.1 Å². The van der Waals surface area contributed by atoms with Crippen molar-refractivity contribution >= 4 is 9.84 Å². The second-order valence-corrected chi connectivity index (χ2v) is 7.80. The first-order valence-corrected chi connectivity index (χ1v) is 9.27. The van der Waals surface area contributed by atoms with E-state index >= 15 is 0 Å². The fourth-order valence-corrected chi connectivity index (χ4v) is 3.00. The van der Waals surface area contributed by atoms with Crippen molar-refractivity contribution in [2.45, 2.75) is 51.0 Å². The lowest BCUT2D eigenvalue weighted by atomic mass is 9.98. The summed E-state index contributed by atoms with van der Waals surface area (Å²) in [5.74, 6) is 0.708. The minimum atomic E-state index is -3.14. The molecule has 0 aliphatic carbocycles. The van der Waals surface area contributed by atoms with Crippen molar-refractivity contribution in [2.75, 3.05) is 12.8 Å². The Hall–Kier alpha value is -0.870. The largest absolute Gasteiger partial charge is 0.310 e. The molecule has 0 heterocycles. The fraction of sp³-hybridized carbons (Fsp3) is 0.625. The number of rotatable bonds is 8. The predicted molar refractivity (Wildman–Crippen MR) is 84.7 cm³/mol. The van der Waals surface area contributed by atoms with Crippen LogP contribution in [0.5, 0.6) is 0 Å². The highest BCUT2D eigenvalue weighted by atomic mass is 32.2. The minimum absolute atomic E-state index is 0.237. The van der Waals surface area contributed by atoms with Crippen LogP contribution in [0.25, 0.3) is 0 Å². The molecule has 0 aliphatic heterocycles. The molecule has 0 aliphatic rings. The quantitative estimate of drug-likeness (QED) is 0.798. The molecule has 1 aromatic rings. The molecule has 0 spiro atoms. The van der Waals surface area contributed by atoms with Gasteiger partial charge in [0.1, 0.15) is 0 Å². The standard InChI is InChI=1S/C16H27NO2S/c1-5-17-16(11-6-8-13(2)3)14-9-7-10-15(12-14)20(4,18)19/h7,9-10,12-13,16-17H,5-6,8,11H2,1-4H3. The van der Waals surface area contributed by atoms with Crippen LogP contribution in [0, 0.1) is 5.92 Å². The van der Waals surface area contributed by atoms with Crippen molar-refractivity contribution in [3.8, 4) is 0 Å². The monoisotopic (exact) mass is 297 g/mol. The van der Waals surface area contributed by atoms with Gasteiger partial charge in [-0.25, -0.2) is 8.42 Å². The molecule has 0 bridgehead atoms. The molecule has 0 amide bonds. The summed E-state index contributed by atoms with van der Waals surface area (Å²) in [4.78, 5) is 0.404. The van der Waals surface area contributed by atoms with Gasteiger partial charge in [-0.15, -0.1) is 0 Å². The van der Waals surface area contributed by atoms with E-state index in [2.05, 4.69) is 26.1 Å². The van der Waals surface area contributed by atoms with Gasteiger partial charge in [0.25, 0.3) is 0 Å². The van der Waals surface area contributed by atoms with Crippen LogP contribution in [-0.2, 0) is 9.84 Å². The average molecular weight is 297 g/mol. The number of benzene rings is 1. The highest BCUT2D eigenvalue weighted by Crippen LogP contribution is 2.23. The van der Waals surface area contributed by atoms with E-state index in [0.717, 1.165) is 24.9 Å². The Morgan fingerprint density at radius 1 is 1.20 bits per heavy atom. The lowest BCUT2D eigenvalue weighted by molar-refractivity contribution is 0.455. The molecule has 1 unspecified atom stereocenters. The molecule has 0 saturated carbocycles. The van der Waals surface area contributed by atoms with Crippen LogP contribution in [0.4, 0.5) is 0 Å². The van der Waals surface area contributed by atoms with E-state index < -0.39 is 9.84 Å². The maximum Gasteiger partial charge on any atom is 0.175 e. The predicted octanol–water partition coefficient (Wildman–Crippen LogP) is 3.57. The molecule has 1 rings (SSSR count). The first-order valence-electron chi connectivity index (χ1n) is 7.38. The van der Waals surface area contributed by atoms with Gasteiger partial charge >= 0.3 is 0 Å². The van der Waals surface area contributed by atoms with E-state index in [-0.39, 0.29) is 6.04 Å². The summed E-state index contributed by atoms with van der Waals surface area (Å²) in [5, 5.41) is 3.46.